The summed E-state index contributed by atoms with van der Waals surface area (Å²) in [5, 5.41) is 0. The van der Waals surface area contributed by atoms with Gasteiger partial charge >= 0.3 is 0 Å². The number of hydrogen-bond donors (Lipinski definition) is 0. The van der Waals surface area contributed by atoms with Gasteiger partial charge in [-0.15, -0.1) is 0 Å². The molecule has 2 amide bonds. The largest absolute Gasteiger partial charge is 0.459 e. The first-order valence-electron chi connectivity index (χ1n) is 9.83. The second-order valence-electron chi connectivity index (χ2n) is 7.67. The molecular formula is C22H26N2O3. The molecule has 5 heteroatoms. The van der Waals surface area contributed by atoms with Gasteiger partial charge in [0.05, 0.1) is 18.2 Å². The van der Waals surface area contributed by atoms with Crippen LogP contribution in [0.15, 0.2) is 47.1 Å². The number of hydrogen-bond acceptors (Lipinski definition) is 3. The van der Waals surface area contributed by atoms with Crippen LogP contribution in [0.3, 0.4) is 0 Å². The monoisotopic (exact) mass is 366 g/mol. The topological polar surface area (TPSA) is 53.8 Å². The first kappa shape index (κ1) is 17.8. The van der Waals surface area contributed by atoms with Gasteiger partial charge in [-0.25, -0.2) is 0 Å². The minimum absolute atomic E-state index is 0.117. The third kappa shape index (κ3) is 3.64. The van der Waals surface area contributed by atoms with Crippen molar-refractivity contribution >= 4 is 11.8 Å². The molecule has 2 aliphatic heterocycles. The van der Waals surface area contributed by atoms with E-state index in [9.17, 15) is 9.59 Å². The summed E-state index contributed by atoms with van der Waals surface area (Å²) in [7, 11) is 0. The summed E-state index contributed by atoms with van der Waals surface area (Å²) in [6.07, 6.45) is 5.25. The van der Waals surface area contributed by atoms with Crippen LogP contribution in [-0.2, 0) is 4.79 Å². The number of furan rings is 1. The fourth-order valence-corrected chi connectivity index (χ4v) is 4.32. The molecule has 2 aromatic rings. The van der Waals surface area contributed by atoms with Crippen molar-refractivity contribution < 1.29 is 14.0 Å². The Bertz CT molecular complexity index is 797. The summed E-state index contributed by atoms with van der Waals surface area (Å²) >= 11 is 0. The van der Waals surface area contributed by atoms with E-state index in [4.69, 9.17) is 4.42 Å². The lowest BCUT2D eigenvalue weighted by Gasteiger charge is -2.35. The van der Waals surface area contributed by atoms with E-state index in [1.807, 2.05) is 4.90 Å². The Hall–Kier alpha value is -2.56. The molecule has 27 heavy (non-hydrogen) atoms. The van der Waals surface area contributed by atoms with Crippen molar-refractivity contribution in [2.24, 2.45) is 5.92 Å². The maximum absolute atomic E-state index is 13.3. The first-order valence-corrected chi connectivity index (χ1v) is 9.83. The molecule has 2 saturated heterocycles. The number of benzene rings is 1. The number of piperidine rings is 1. The van der Waals surface area contributed by atoms with Crippen LogP contribution in [-0.4, -0.2) is 41.2 Å². The van der Waals surface area contributed by atoms with Gasteiger partial charge in [-0.2, -0.15) is 0 Å². The predicted octanol–water partition coefficient (Wildman–Crippen LogP) is 3.80. The standard InChI is InChI=1S/C22H26N2O3/c1-16-8-10-17(11-9-16)19-6-3-13-24(19)21(25)18-5-2-12-23(15-18)22(26)20-7-4-14-27-20/h4,7-11,14,18-19H,2-3,5-6,12-13,15H2,1H3. The third-order valence-electron chi connectivity index (χ3n) is 5.79. The zero-order valence-electron chi connectivity index (χ0n) is 15.8. The van der Waals surface area contributed by atoms with Crippen molar-refractivity contribution in [2.45, 2.75) is 38.6 Å². The van der Waals surface area contributed by atoms with Gasteiger partial charge < -0.3 is 14.2 Å². The van der Waals surface area contributed by atoms with Crippen molar-refractivity contribution in [2.75, 3.05) is 19.6 Å². The molecule has 0 bridgehead atoms. The molecule has 4 rings (SSSR count). The molecule has 2 aliphatic rings. The SMILES string of the molecule is Cc1ccc(C2CCCN2C(=O)C2CCCN(C(=O)c3ccco3)C2)cc1. The maximum atomic E-state index is 13.3. The molecular weight excluding hydrogens is 340 g/mol. The van der Waals surface area contributed by atoms with Crippen molar-refractivity contribution in [1.82, 2.24) is 9.80 Å². The summed E-state index contributed by atoms with van der Waals surface area (Å²) in [6, 6.07) is 12.1. The highest BCUT2D eigenvalue weighted by Crippen LogP contribution is 2.34. The van der Waals surface area contributed by atoms with Crippen LogP contribution >= 0.6 is 0 Å². The Labute approximate surface area is 159 Å². The van der Waals surface area contributed by atoms with Crippen LogP contribution in [0.1, 0.15) is 53.4 Å². The quantitative estimate of drug-likeness (QED) is 0.830. The van der Waals surface area contributed by atoms with Gasteiger partial charge in [0, 0.05) is 19.6 Å². The number of amides is 2. The Morgan fingerprint density at radius 3 is 2.56 bits per heavy atom. The summed E-state index contributed by atoms with van der Waals surface area (Å²) in [6.45, 7) is 4.05. The number of nitrogens with zero attached hydrogens (tertiary/aromatic N) is 2. The smallest absolute Gasteiger partial charge is 0.289 e. The maximum Gasteiger partial charge on any atom is 0.289 e. The summed E-state index contributed by atoms with van der Waals surface area (Å²) < 4.78 is 5.24. The van der Waals surface area contributed by atoms with Crippen LogP contribution in [0, 0.1) is 12.8 Å². The average molecular weight is 366 g/mol. The Morgan fingerprint density at radius 1 is 1.04 bits per heavy atom. The van der Waals surface area contributed by atoms with Crippen molar-refractivity contribution in [1.29, 1.82) is 0 Å². The Balaban J connectivity index is 1.46. The van der Waals surface area contributed by atoms with Crippen LogP contribution in [0.2, 0.25) is 0 Å². The Morgan fingerprint density at radius 2 is 1.81 bits per heavy atom. The molecule has 5 nitrogen and oxygen atoms in total. The van der Waals surface area contributed by atoms with Gasteiger partial charge in [0.15, 0.2) is 5.76 Å². The predicted molar refractivity (Wildman–Crippen MR) is 102 cm³/mol. The van der Waals surface area contributed by atoms with Gasteiger partial charge in [0.2, 0.25) is 5.91 Å². The lowest BCUT2D eigenvalue weighted by molar-refractivity contribution is -0.138. The lowest BCUT2D eigenvalue weighted by atomic mass is 9.95. The van der Waals surface area contributed by atoms with Gasteiger partial charge in [0.1, 0.15) is 0 Å². The minimum atomic E-state index is -0.122. The molecule has 3 heterocycles. The molecule has 2 fully saturated rings. The van der Waals surface area contributed by atoms with E-state index >= 15 is 0 Å². The number of carbonyl (C=O) groups is 2. The van der Waals surface area contributed by atoms with E-state index in [1.54, 1.807) is 17.0 Å². The summed E-state index contributed by atoms with van der Waals surface area (Å²) in [5.74, 6) is 0.301. The van der Waals surface area contributed by atoms with Crippen molar-refractivity contribution in [3.05, 3.63) is 59.5 Å². The second-order valence-corrected chi connectivity index (χ2v) is 7.67. The second kappa shape index (κ2) is 7.59. The number of rotatable bonds is 3. The van der Waals surface area contributed by atoms with E-state index in [1.165, 1.54) is 17.4 Å². The normalized spacial score (nSPS) is 22.9. The van der Waals surface area contributed by atoms with Crippen molar-refractivity contribution in [3.63, 3.8) is 0 Å². The molecule has 0 N–H and O–H groups in total. The molecule has 0 spiro atoms. The highest BCUT2D eigenvalue weighted by Gasteiger charge is 2.37. The zero-order valence-corrected chi connectivity index (χ0v) is 15.8. The van der Waals surface area contributed by atoms with E-state index in [0.717, 1.165) is 32.2 Å². The number of carbonyl (C=O) groups excluding carboxylic acids is 2. The third-order valence-corrected chi connectivity index (χ3v) is 5.79. The minimum Gasteiger partial charge on any atom is -0.459 e. The molecule has 1 aromatic heterocycles. The van der Waals surface area contributed by atoms with Gasteiger partial charge in [-0.1, -0.05) is 29.8 Å². The highest BCUT2D eigenvalue weighted by molar-refractivity contribution is 5.92. The highest BCUT2D eigenvalue weighted by atomic mass is 16.3. The molecule has 142 valence electrons. The van der Waals surface area contributed by atoms with Crippen LogP contribution in [0.4, 0.5) is 0 Å². The molecule has 0 saturated carbocycles. The lowest BCUT2D eigenvalue weighted by Crippen LogP contribution is -2.46. The van der Waals surface area contributed by atoms with E-state index < -0.39 is 0 Å². The fourth-order valence-electron chi connectivity index (χ4n) is 4.32. The Kier molecular flexibility index (Phi) is 5.01. The van der Waals surface area contributed by atoms with Gasteiger partial charge in [-0.05, 0) is 50.3 Å². The number of likely N-dealkylation sites (tertiary alicyclic amines) is 2. The number of aryl methyl sites for hydroxylation is 1. The van der Waals surface area contributed by atoms with Gasteiger partial charge in [-0.3, -0.25) is 9.59 Å². The van der Waals surface area contributed by atoms with E-state index in [2.05, 4.69) is 31.2 Å². The van der Waals surface area contributed by atoms with E-state index in [0.29, 0.717) is 18.8 Å². The average Bonchev–Trinajstić information content (AvgIpc) is 3.39. The first-order chi connectivity index (χ1) is 13.1. The fraction of sp³-hybridized carbons (Fsp3) is 0.455. The van der Waals surface area contributed by atoms with Crippen LogP contribution in [0.25, 0.3) is 0 Å². The molecule has 0 aliphatic carbocycles. The zero-order chi connectivity index (χ0) is 18.8. The van der Waals surface area contributed by atoms with Crippen LogP contribution < -0.4 is 0 Å². The molecule has 2 unspecified atom stereocenters. The van der Waals surface area contributed by atoms with Crippen LogP contribution in [0.5, 0.6) is 0 Å². The van der Waals surface area contributed by atoms with Gasteiger partial charge in [0.25, 0.3) is 5.91 Å². The van der Waals surface area contributed by atoms with E-state index in [-0.39, 0.29) is 23.8 Å². The summed E-state index contributed by atoms with van der Waals surface area (Å²) in [4.78, 5) is 29.6. The summed E-state index contributed by atoms with van der Waals surface area (Å²) in [5.41, 5.74) is 2.44. The van der Waals surface area contributed by atoms with Crippen molar-refractivity contribution in [3.8, 4) is 0 Å². The molecule has 1 aromatic carbocycles. The molecule has 0 radical (unpaired) electrons. The molecule has 2 atom stereocenters.